The standard InChI is InChI=1S/C23H28N4O/c1-18(27-17-25-21-9-5-6-10-22(21)27)23(28)24-13-16-26-14-11-20(12-15-26)19-7-3-2-4-8-19/h2-10,17-18,20H,11-16H2,1H3,(H,24,28). The molecule has 1 unspecified atom stereocenters. The summed E-state index contributed by atoms with van der Waals surface area (Å²) in [5, 5.41) is 3.10. The maximum Gasteiger partial charge on any atom is 0.242 e. The number of imidazole rings is 1. The van der Waals surface area contributed by atoms with Gasteiger partial charge in [0, 0.05) is 13.1 Å². The van der Waals surface area contributed by atoms with Crippen LogP contribution in [0.1, 0.15) is 37.3 Å². The van der Waals surface area contributed by atoms with Crippen LogP contribution < -0.4 is 5.32 Å². The van der Waals surface area contributed by atoms with Crippen LogP contribution in [0.3, 0.4) is 0 Å². The van der Waals surface area contributed by atoms with Crippen LogP contribution in [0.15, 0.2) is 60.9 Å². The van der Waals surface area contributed by atoms with E-state index in [1.54, 1.807) is 6.33 Å². The molecule has 28 heavy (non-hydrogen) atoms. The summed E-state index contributed by atoms with van der Waals surface area (Å²) in [6.45, 7) is 5.71. The summed E-state index contributed by atoms with van der Waals surface area (Å²) >= 11 is 0. The highest BCUT2D eigenvalue weighted by Crippen LogP contribution is 2.27. The molecule has 4 rings (SSSR count). The Morgan fingerprint density at radius 2 is 1.82 bits per heavy atom. The molecule has 1 amide bonds. The fourth-order valence-electron chi connectivity index (χ4n) is 4.11. The minimum Gasteiger partial charge on any atom is -0.353 e. The molecule has 0 bridgehead atoms. The van der Waals surface area contributed by atoms with E-state index in [1.165, 1.54) is 18.4 Å². The molecule has 5 heteroatoms. The number of likely N-dealkylation sites (tertiary alicyclic amines) is 1. The van der Waals surface area contributed by atoms with Crippen molar-refractivity contribution in [1.29, 1.82) is 0 Å². The third-order valence-electron chi connectivity index (χ3n) is 5.86. The largest absolute Gasteiger partial charge is 0.353 e. The molecule has 2 aromatic carbocycles. The highest BCUT2D eigenvalue weighted by atomic mass is 16.2. The van der Waals surface area contributed by atoms with E-state index >= 15 is 0 Å². The van der Waals surface area contributed by atoms with Crippen LogP contribution in [0.4, 0.5) is 0 Å². The van der Waals surface area contributed by atoms with E-state index < -0.39 is 0 Å². The van der Waals surface area contributed by atoms with Gasteiger partial charge >= 0.3 is 0 Å². The zero-order valence-electron chi connectivity index (χ0n) is 16.4. The van der Waals surface area contributed by atoms with E-state index in [9.17, 15) is 4.79 Å². The molecule has 0 spiro atoms. The van der Waals surface area contributed by atoms with Gasteiger partial charge in [0.25, 0.3) is 0 Å². The molecule has 1 N–H and O–H groups in total. The maximum absolute atomic E-state index is 12.6. The van der Waals surface area contributed by atoms with Crippen LogP contribution in [0.25, 0.3) is 11.0 Å². The molecule has 0 aliphatic carbocycles. The van der Waals surface area contributed by atoms with Gasteiger partial charge in [-0.05, 0) is 56.5 Å². The number of carbonyl (C=O) groups excluding carboxylic acids is 1. The first-order valence-electron chi connectivity index (χ1n) is 10.2. The van der Waals surface area contributed by atoms with Gasteiger partial charge in [0.2, 0.25) is 5.91 Å². The van der Waals surface area contributed by atoms with E-state index in [4.69, 9.17) is 0 Å². The van der Waals surface area contributed by atoms with Crippen molar-refractivity contribution in [2.24, 2.45) is 0 Å². The van der Waals surface area contributed by atoms with Crippen LogP contribution in [-0.2, 0) is 4.79 Å². The second-order valence-corrected chi connectivity index (χ2v) is 7.63. The maximum atomic E-state index is 12.6. The van der Waals surface area contributed by atoms with Crippen molar-refractivity contribution in [1.82, 2.24) is 19.8 Å². The molecular weight excluding hydrogens is 348 g/mol. The predicted octanol–water partition coefficient (Wildman–Crippen LogP) is 3.59. The van der Waals surface area contributed by atoms with Crippen molar-refractivity contribution in [2.45, 2.75) is 31.7 Å². The van der Waals surface area contributed by atoms with Gasteiger partial charge < -0.3 is 14.8 Å². The number of aromatic nitrogens is 2. The molecule has 1 saturated heterocycles. The Morgan fingerprint density at radius 3 is 2.61 bits per heavy atom. The fraction of sp³-hybridized carbons (Fsp3) is 0.391. The lowest BCUT2D eigenvalue weighted by Gasteiger charge is -2.32. The number of benzene rings is 2. The first kappa shape index (κ1) is 18.7. The van der Waals surface area contributed by atoms with Crippen LogP contribution in [-0.4, -0.2) is 46.5 Å². The van der Waals surface area contributed by atoms with Gasteiger partial charge in [-0.15, -0.1) is 0 Å². The molecule has 5 nitrogen and oxygen atoms in total. The third-order valence-corrected chi connectivity index (χ3v) is 5.86. The van der Waals surface area contributed by atoms with Crippen molar-refractivity contribution >= 4 is 16.9 Å². The molecule has 1 aromatic heterocycles. The Labute approximate surface area is 166 Å². The molecule has 146 valence electrons. The lowest BCUT2D eigenvalue weighted by molar-refractivity contribution is -0.123. The lowest BCUT2D eigenvalue weighted by atomic mass is 9.89. The van der Waals surface area contributed by atoms with Crippen molar-refractivity contribution < 1.29 is 4.79 Å². The predicted molar refractivity (Wildman–Crippen MR) is 112 cm³/mol. The van der Waals surface area contributed by atoms with Crippen LogP contribution >= 0.6 is 0 Å². The van der Waals surface area contributed by atoms with Gasteiger partial charge in [-0.2, -0.15) is 0 Å². The van der Waals surface area contributed by atoms with Crippen molar-refractivity contribution in [3.05, 3.63) is 66.5 Å². The highest BCUT2D eigenvalue weighted by molar-refractivity contribution is 5.83. The summed E-state index contributed by atoms with van der Waals surface area (Å²) in [4.78, 5) is 19.4. The summed E-state index contributed by atoms with van der Waals surface area (Å²) in [5.74, 6) is 0.712. The normalized spacial score (nSPS) is 16.9. The van der Waals surface area contributed by atoms with Gasteiger partial charge in [0.05, 0.1) is 17.4 Å². The average Bonchev–Trinajstić information content (AvgIpc) is 3.18. The van der Waals surface area contributed by atoms with Gasteiger partial charge in [0.1, 0.15) is 6.04 Å². The molecule has 2 heterocycles. The Kier molecular flexibility index (Phi) is 5.72. The summed E-state index contributed by atoms with van der Waals surface area (Å²) in [7, 11) is 0. The molecule has 3 aromatic rings. The Morgan fingerprint density at radius 1 is 1.11 bits per heavy atom. The Hall–Kier alpha value is -2.66. The summed E-state index contributed by atoms with van der Waals surface area (Å²) in [6, 6.07) is 18.5. The van der Waals surface area contributed by atoms with Crippen molar-refractivity contribution in [2.75, 3.05) is 26.2 Å². The molecule has 0 saturated carbocycles. The van der Waals surface area contributed by atoms with Gasteiger partial charge in [0.15, 0.2) is 0 Å². The number of carbonyl (C=O) groups is 1. The second-order valence-electron chi connectivity index (χ2n) is 7.63. The summed E-state index contributed by atoms with van der Waals surface area (Å²) in [6.07, 6.45) is 4.13. The van der Waals surface area contributed by atoms with Crippen LogP contribution in [0.5, 0.6) is 0 Å². The van der Waals surface area contributed by atoms with Gasteiger partial charge in [-0.1, -0.05) is 42.5 Å². The number of nitrogens with zero attached hydrogens (tertiary/aromatic N) is 3. The molecular formula is C23H28N4O. The molecule has 1 atom stereocenters. The smallest absolute Gasteiger partial charge is 0.242 e. The number of rotatable bonds is 6. The number of nitrogens with one attached hydrogen (secondary N) is 1. The zero-order chi connectivity index (χ0) is 19.3. The topological polar surface area (TPSA) is 50.2 Å². The van der Waals surface area contributed by atoms with E-state index in [2.05, 4.69) is 45.5 Å². The molecule has 1 fully saturated rings. The highest BCUT2D eigenvalue weighted by Gasteiger charge is 2.21. The number of hydrogen-bond donors (Lipinski definition) is 1. The van der Waals surface area contributed by atoms with Crippen molar-refractivity contribution in [3.8, 4) is 0 Å². The van der Waals surface area contributed by atoms with E-state index in [0.717, 1.165) is 30.7 Å². The lowest BCUT2D eigenvalue weighted by Crippen LogP contribution is -2.40. The Bertz CT molecular complexity index is 913. The second kappa shape index (κ2) is 8.57. The SMILES string of the molecule is CC(C(=O)NCCN1CCC(c2ccccc2)CC1)n1cnc2ccccc21. The Balaban J connectivity index is 1.24. The first-order valence-corrected chi connectivity index (χ1v) is 10.2. The van der Waals surface area contributed by atoms with Crippen molar-refractivity contribution in [3.63, 3.8) is 0 Å². The van der Waals surface area contributed by atoms with E-state index in [-0.39, 0.29) is 11.9 Å². The van der Waals surface area contributed by atoms with Crippen LogP contribution in [0, 0.1) is 0 Å². The first-order chi connectivity index (χ1) is 13.7. The number of hydrogen-bond acceptors (Lipinski definition) is 3. The quantitative estimate of drug-likeness (QED) is 0.715. The minimum atomic E-state index is -0.267. The summed E-state index contributed by atoms with van der Waals surface area (Å²) in [5.41, 5.74) is 3.37. The minimum absolute atomic E-state index is 0.0438. The zero-order valence-corrected chi connectivity index (χ0v) is 16.4. The molecule has 0 radical (unpaired) electrons. The summed E-state index contributed by atoms with van der Waals surface area (Å²) < 4.78 is 1.94. The number of para-hydroxylation sites is 2. The van der Waals surface area contributed by atoms with Crippen LogP contribution in [0.2, 0.25) is 0 Å². The fourth-order valence-corrected chi connectivity index (χ4v) is 4.11. The number of amides is 1. The average molecular weight is 377 g/mol. The number of piperidine rings is 1. The van der Waals surface area contributed by atoms with E-state index in [1.807, 2.05) is 35.8 Å². The van der Waals surface area contributed by atoms with Gasteiger partial charge in [-0.3, -0.25) is 4.79 Å². The molecule has 1 aliphatic rings. The van der Waals surface area contributed by atoms with E-state index in [0.29, 0.717) is 12.5 Å². The molecule has 1 aliphatic heterocycles. The monoisotopic (exact) mass is 376 g/mol. The number of fused-ring (bicyclic) bond motifs is 1. The van der Waals surface area contributed by atoms with Gasteiger partial charge in [-0.25, -0.2) is 4.98 Å². The third kappa shape index (κ3) is 4.09.